The highest BCUT2D eigenvalue weighted by molar-refractivity contribution is 7.99. The summed E-state index contributed by atoms with van der Waals surface area (Å²) in [5.74, 6) is -0.575. The lowest BCUT2D eigenvalue weighted by Gasteiger charge is -2.39. The molecule has 3 aromatic rings. The van der Waals surface area contributed by atoms with E-state index in [1.165, 1.54) is 4.90 Å². The zero-order valence-electron chi connectivity index (χ0n) is 17.5. The number of hydrogen-bond acceptors (Lipinski definition) is 4. The van der Waals surface area contributed by atoms with E-state index in [2.05, 4.69) is 54.4 Å². The fourth-order valence-corrected chi connectivity index (χ4v) is 4.94. The van der Waals surface area contributed by atoms with Crippen LogP contribution >= 0.6 is 23.4 Å². The van der Waals surface area contributed by atoms with Crippen LogP contribution in [0.15, 0.2) is 70.6 Å². The van der Waals surface area contributed by atoms with Crippen LogP contribution in [0.25, 0.3) is 17.0 Å². The summed E-state index contributed by atoms with van der Waals surface area (Å²) < 4.78 is 12.1. The van der Waals surface area contributed by atoms with Crippen LogP contribution < -0.4 is 0 Å². The molecule has 2 atom stereocenters. The number of fused-ring (bicyclic) bond motifs is 1. The Kier molecular flexibility index (Phi) is 6.49. The van der Waals surface area contributed by atoms with Gasteiger partial charge in [0.15, 0.2) is 5.79 Å². The first-order valence-electron chi connectivity index (χ1n) is 10.3. The van der Waals surface area contributed by atoms with Crippen molar-refractivity contribution >= 4 is 40.3 Å². The molecule has 0 unspecified atom stereocenters. The van der Waals surface area contributed by atoms with Gasteiger partial charge in [-0.05, 0) is 44.5 Å². The Bertz CT molecular complexity index is 1050. The molecule has 0 bridgehead atoms. The lowest BCUT2D eigenvalue weighted by atomic mass is 10.0. The zero-order chi connectivity index (χ0) is 21.1. The highest BCUT2D eigenvalue weighted by Gasteiger charge is 2.33. The van der Waals surface area contributed by atoms with Gasteiger partial charge < -0.3 is 9.47 Å². The minimum atomic E-state index is -0.575. The van der Waals surface area contributed by atoms with Crippen molar-refractivity contribution in [3.8, 4) is 0 Å². The molecule has 1 aromatic heterocycles. The Labute approximate surface area is 187 Å². The fourth-order valence-electron chi connectivity index (χ4n) is 3.72. The maximum atomic E-state index is 6.20. The first kappa shape index (κ1) is 21.4. The van der Waals surface area contributed by atoms with E-state index in [9.17, 15) is 0 Å². The van der Waals surface area contributed by atoms with E-state index in [4.69, 9.17) is 21.1 Å². The van der Waals surface area contributed by atoms with E-state index >= 15 is 0 Å². The molecule has 2 heterocycles. The van der Waals surface area contributed by atoms with Crippen LogP contribution in [0.5, 0.6) is 0 Å². The van der Waals surface area contributed by atoms with Crippen molar-refractivity contribution in [2.75, 3.05) is 0 Å². The van der Waals surface area contributed by atoms with Gasteiger partial charge in [0.2, 0.25) is 0 Å². The molecule has 4 rings (SSSR count). The minimum Gasteiger partial charge on any atom is -0.347 e. The molecule has 1 saturated heterocycles. The summed E-state index contributed by atoms with van der Waals surface area (Å²) in [7, 11) is 0. The maximum Gasteiger partial charge on any atom is 0.163 e. The molecule has 0 amide bonds. The second-order valence-electron chi connectivity index (χ2n) is 7.92. The molecular weight excluding hydrogens is 414 g/mol. The first-order chi connectivity index (χ1) is 14.4. The van der Waals surface area contributed by atoms with Gasteiger partial charge in [0.05, 0.1) is 17.7 Å². The quantitative estimate of drug-likeness (QED) is 0.415. The standard InChI is InChI=1S/C25H26ClNO2S/c1-4-19-15-20(29-25(2,3)28-19)12-10-17-16-27-23-14-18(26)11-13-22(23)24(17)30-21-8-6-5-7-9-21/h5-14,16,19-20H,4,15H2,1-3H3/b12-10+/t19-,20+/m0/s1. The summed E-state index contributed by atoms with van der Waals surface area (Å²) >= 11 is 7.94. The second kappa shape index (κ2) is 9.11. The van der Waals surface area contributed by atoms with Crippen molar-refractivity contribution in [1.82, 2.24) is 4.98 Å². The topological polar surface area (TPSA) is 31.4 Å². The van der Waals surface area contributed by atoms with Gasteiger partial charge in [-0.3, -0.25) is 4.98 Å². The van der Waals surface area contributed by atoms with E-state index < -0.39 is 5.79 Å². The summed E-state index contributed by atoms with van der Waals surface area (Å²) in [4.78, 5) is 7.00. The van der Waals surface area contributed by atoms with Crippen molar-refractivity contribution in [2.24, 2.45) is 0 Å². The van der Waals surface area contributed by atoms with Gasteiger partial charge in [-0.25, -0.2) is 0 Å². The van der Waals surface area contributed by atoms with E-state index in [0.717, 1.165) is 34.2 Å². The summed E-state index contributed by atoms with van der Waals surface area (Å²) in [6.07, 6.45) is 8.24. The van der Waals surface area contributed by atoms with Gasteiger partial charge in [-0.2, -0.15) is 0 Å². The van der Waals surface area contributed by atoms with E-state index in [-0.39, 0.29) is 12.2 Å². The van der Waals surface area contributed by atoms with E-state index in [1.807, 2.05) is 38.2 Å². The maximum absolute atomic E-state index is 6.20. The number of pyridine rings is 1. The smallest absolute Gasteiger partial charge is 0.163 e. The summed E-state index contributed by atoms with van der Waals surface area (Å²) in [6, 6.07) is 16.3. The van der Waals surface area contributed by atoms with Crippen molar-refractivity contribution in [2.45, 2.75) is 61.4 Å². The van der Waals surface area contributed by atoms with E-state index in [1.54, 1.807) is 11.8 Å². The van der Waals surface area contributed by atoms with Gasteiger partial charge in [-0.15, -0.1) is 0 Å². The lowest BCUT2D eigenvalue weighted by Crippen LogP contribution is -2.43. The van der Waals surface area contributed by atoms with E-state index in [0.29, 0.717) is 5.02 Å². The molecule has 2 aromatic carbocycles. The fraction of sp³-hybridized carbons (Fsp3) is 0.320. The normalized spacial score (nSPS) is 21.3. The molecule has 3 nitrogen and oxygen atoms in total. The highest BCUT2D eigenvalue weighted by Crippen LogP contribution is 2.37. The van der Waals surface area contributed by atoms with Gasteiger partial charge >= 0.3 is 0 Å². The number of ether oxygens (including phenoxy) is 2. The number of nitrogens with zero attached hydrogens (tertiary/aromatic N) is 1. The molecule has 30 heavy (non-hydrogen) atoms. The molecule has 0 spiro atoms. The Hall–Kier alpha value is -1.85. The second-order valence-corrected chi connectivity index (χ2v) is 9.44. The Morgan fingerprint density at radius 3 is 2.73 bits per heavy atom. The Balaban J connectivity index is 1.70. The Morgan fingerprint density at radius 1 is 1.17 bits per heavy atom. The Morgan fingerprint density at radius 2 is 1.97 bits per heavy atom. The molecule has 0 aliphatic carbocycles. The number of hydrogen-bond donors (Lipinski definition) is 0. The number of aromatic nitrogens is 1. The van der Waals surface area contributed by atoms with Gasteiger partial charge in [0.25, 0.3) is 0 Å². The lowest BCUT2D eigenvalue weighted by molar-refractivity contribution is -0.290. The van der Waals surface area contributed by atoms with Gasteiger partial charge in [0.1, 0.15) is 0 Å². The van der Waals surface area contributed by atoms with Gasteiger partial charge in [-0.1, -0.05) is 66.7 Å². The molecule has 0 N–H and O–H groups in total. The highest BCUT2D eigenvalue weighted by atomic mass is 35.5. The van der Waals surface area contributed by atoms with Crippen molar-refractivity contribution in [1.29, 1.82) is 0 Å². The predicted molar refractivity (Wildman–Crippen MR) is 125 cm³/mol. The van der Waals surface area contributed by atoms with Crippen LogP contribution in [0.1, 0.15) is 39.2 Å². The first-order valence-corrected chi connectivity index (χ1v) is 11.5. The molecule has 0 radical (unpaired) electrons. The van der Waals surface area contributed by atoms with Crippen LogP contribution in [0, 0.1) is 0 Å². The van der Waals surface area contributed by atoms with Crippen LogP contribution in [0.3, 0.4) is 0 Å². The average molecular weight is 440 g/mol. The molecule has 156 valence electrons. The molecule has 1 fully saturated rings. The number of rotatable bonds is 5. The summed E-state index contributed by atoms with van der Waals surface area (Å²) in [6.45, 7) is 6.11. The SMILES string of the molecule is CC[C@H]1C[C@@H](/C=C/c2cnc3cc(Cl)ccc3c2Sc2ccccc2)OC(C)(C)O1. The van der Waals surface area contributed by atoms with Crippen molar-refractivity contribution < 1.29 is 9.47 Å². The summed E-state index contributed by atoms with van der Waals surface area (Å²) in [5.41, 5.74) is 1.96. The van der Waals surface area contributed by atoms with Gasteiger partial charge in [0, 0.05) is 38.4 Å². The minimum absolute atomic E-state index is 0.00851. The largest absolute Gasteiger partial charge is 0.347 e. The molecule has 0 saturated carbocycles. The van der Waals surface area contributed by atoms with Crippen molar-refractivity contribution in [3.05, 3.63) is 71.4 Å². The zero-order valence-corrected chi connectivity index (χ0v) is 19.0. The average Bonchev–Trinajstić information content (AvgIpc) is 2.72. The van der Waals surface area contributed by atoms with Crippen LogP contribution in [0.2, 0.25) is 5.02 Å². The molecule has 1 aliphatic rings. The van der Waals surface area contributed by atoms with Crippen LogP contribution in [0.4, 0.5) is 0 Å². The number of halogens is 1. The third kappa shape index (κ3) is 5.06. The predicted octanol–water partition coefficient (Wildman–Crippen LogP) is 7.37. The van der Waals surface area contributed by atoms with Crippen molar-refractivity contribution in [3.63, 3.8) is 0 Å². The van der Waals surface area contributed by atoms with Crippen LogP contribution in [-0.2, 0) is 9.47 Å². The molecule has 1 aliphatic heterocycles. The summed E-state index contributed by atoms with van der Waals surface area (Å²) in [5, 5.41) is 1.78. The monoisotopic (exact) mass is 439 g/mol. The molecular formula is C25H26ClNO2S. The molecule has 5 heteroatoms. The third-order valence-corrected chi connectivity index (χ3v) is 6.50. The van der Waals surface area contributed by atoms with Crippen LogP contribution in [-0.4, -0.2) is 23.0 Å². The third-order valence-electron chi connectivity index (χ3n) is 5.10. The number of benzene rings is 2.